The molecule has 3 heterocycles. The van der Waals surface area contributed by atoms with E-state index in [1.54, 1.807) is 19.5 Å². The van der Waals surface area contributed by atoms with Crippen LogP contribution in [0.1, 0.15) is 16.8 Å². The fourth-order valence-corrected chi connectivity index (χ4v) is 3.33. The van der Waals surface area contributed by atoms with E-state index in [2.05, 4.69) is 15.0 Å². The summed E-state index contributed by atoms with van der Waals surface area (Å²) in [6, 6.07) is 11.1. The first-order valence-corrected chi connectivity index (χ1v) is 8.73. The van der Waals surface area contributed by atoms with E-state index in [0.717, 1.165) is 43.3 Å². The lowest BCUT2D eigenvalue weighted by atomic mass is 10.2. The Labute approximate surface area is 151 Å². The number of nitrogens with zero attached hydrogens (tertiary/aromatic N) is 5. The first-order chi connectivity index (χ1) is 12.8. The molecule has 1 amide bonds. The van der Waals surface area contributed by atoms with E-state index in [1.807, 2.05) is 45.8 Å². The van der Waals surface area contributed by atoms with Crippen LogP contribution in [0.2, 0.25) is 0 Å². The largest absolute Gasteiger partial charge is 0.497 e. The first kappa shape index (κ1) is 16.4. The van der Waals surface area contributed by atoms with E-state index in [1.165, 1.54) is 0 Å². The maximum atomic E-state index is 12.8. The predicted molar refractivity (Wildman–Crippen MR) is 98.7 cm³/mol. The highest BCUT2D eigenvalue weighted by Crippen LogP contribution is 2.18. The number of methoxy groups -OCH3 is 1. The molecule has 1 saturated heterocycles. The van der Waals surface area contributed by atoms with Gasteiger partial charge in [0.2, 0.25) is 0 Å². The average Bonchev–Trinajstić information content (AvgIpc) is 3.04. The SMILES string of the molecule is COc1ccc(C(=O)N2CCCN(c3ccnc4ccnn34)CC2)cc1. The topological polar surface area (TPSA) is 63.0 Å². The highest BCUT2D eigenvalue weighted by molar-refractivity contribution is 5.94. The Balaban J connectivity index is 1.49. The number of hydrogen-bond donors (Lipinski definition) is 0. The summed E-state index contributed by atoms with van der Waals surface area (Å²) in [5.41, 5.74) is 1.52. The molecule has 2 aromatic heterocycles. The van der Waals surface area contributed by atoms with Crippen LogP contribution in [0.25, 0.3) is 5.65 Å². The number of amides is 1. The monoisotopic (exact) mass is 351 g/mol. The Morgan fingerprint density at radius 3 is 2.65 bits per heavy atom. The molecule has 7 heteroatoms. The minimum Gasteiger partial charge on any atom is -0.497 e. The fraction of sp³-hybridized carbons (Fsp3) is 0.316. The number of carbonyl (C=O) groups is 1. The van der Waals surface area contributed by atoms with Gasteiger partial charge in [0.05, 0.1) is 13.3 Å². The van der Waals surface area contributed by atoms with Crippen molar-refractivity contribution in [3.8, 4) is 5.75 Å². The second-order valence-electron chi connectivity index (χ2n) is 6.27. The number of anilines is 1. The molecule has 0 spiro atoms. The molecule has 0 saturated carbocycles. The van der Waals surface area contributed by atoms with Gasteiger partial charge in [-0.25, -0.2) is 4.98 Å². The van der Waals surface area contributed by atoms with Gasteiger partial charge < -0.3 is 14.5 Å². The van der Waals surface area contributed by atoms with E-state index < -0.39 is 0 Å². The van der Waals surface area contributed by atoms with Gasteiger partial charge in [-0.3, -0.25) is 4.79 Å². The molecule has 0 unspecified atom stereocenters. The zero-order chi connectivity index (χ0) is 17.9. The van der Waals surface area contributed by atoms with Crippen LogP contribution in [0.4, 0.5) is 5.82 Å². The molecule has 0 aliphatic carbocycles. The number of carbonyl (C=O) groups excluding carboxylic acids is 1. The molecule has 1 aliphatic heterocycles. The summed E-state index contributed by atoms with van der Waals surface area (Å²) < 4.78 is 7.01. The summed E-state index contributed by atoms with van der Waals surface area (Å²) in [7, 11) is 1.62. The molecule has 4 rings (SSSR count). The summed E-state index contributed by atoms with van der Waals surface area (Å²) in [5.74, 6) is 1.83. The third kappa shape index (κ3) is 3.08. The highest BCUT2D eigenvalue weighted by atomic mass is 16.5. The number of ether oxygens (including phenoxy) is 1. The van der Waals surface area contributed by atoms with Gasteiger partial charge in [0, 0.05) is 44.0 Å². The van der Waals surface area contributed by atoms with Crippen molar-refractivity contribution in [2.75, 3.05) is 38.2 Å². The van der Waals surface area contributed by atoms with E-state index in [-0.39, 0.29) is 5.91 Å². The van der Waals surface area contributed by atoms with Crippen molar-refractivity contribution in [3.05, 3.63) is 54.4 Å². The third-order valence-electron chi connectivity index (χ3n) is 4.71. The van der Waals surface area contributed by atoms with E-state index >= 15 is 0 Å². The van der Waals surface area contributed by atoms with Crippen LogP contribution < -0.4 is 9.64 Å². The molecule has 1 fully saturated rings. The van der Waals surface area contributed by atoms with Gasteiger partial charge in [-0.15, -0.1) is 0 Å². The van der Waals surface area contributed by atoms with E-state index in [4.69, 9.17) is 4.74 Å². The van der Waals surface area contributed by atoms with Crippen molar-refractivity contribution < 1.29 is 9.53 Å². The van der Waals surface area contributed by atoms with E-state index in [9.17, 15) is 4.79 Å². The van der Waals surface area contributed by atoms with Crippen molar-refractivity contribution in [1.82, 2.24) is 19.5 Å². The van der Waals surface area contributed by atoms with Gasteiger partial charge in [-0.05, 0) is 36.8 Å². The second-order valence-corrected chi connectivity index (χ2v) is 6.27. The van der Waals surface area contributed by atoms with Crippen molar-refractivity contribution >= 4 is 17.4 Å². The molecule has 134 valence electrons. The number of aromatic nitrogens is 3. The minimum atomic E-state index is 0.0634. The Morgan fingerprint density at radius 1 is 1.00 bits per heavy atom. The van der Waals surface area contributed by atoms with Gasteiger partial charge >= 0.3 is 0 Å². The molecule has 3 aromatic rings. The van der Waals surface area contributed by atoms with Crippen LogP contribution in [0.5, 0.6) is 5.75 Å². The summed E-state index contributed by atoms with van der Waals surface area (Å²) in [6.45, 7) is 3.07. The maximum absolute atomic E-state index is 12.8. The lowest BCUT2D eigenvalue weighted by Gasteiger charge is -2.24. The van der Waals surface area contributed by atoms with Crippen molar-refractivity contribution in [2.24, 2.45) is 0 Å². The summed E-state index contributed by atoms with van der Waals surface area (Å²) in [4.78, 5) is 21.3. The Kier molecular flexibility index (Phi) is 4.43. The maximum Gasteiger partial charge on any atom is 0.253 e. The third-order valence-corrected chi connectivity index (χ3v) is 4.71. The zero-order valence-electron chi connectivity index (χ0n) is 14.7. The summed E-state index contributed by atoms with van der Waals surface area (Å²) >= 11 is 0. The van der Waals surface area contributed by atoms with Crippen molar-refractivity contribution in [1.29, 1.82) is 0 Å². The van der Waals surface area contributed by atoms with Crippen LogP contribution in [0.15, 0.2) is 48.8 Å². The molecular weight excluding hydrogens is 330 g/mol. The van der Waals surface area contributed by atoms with Crippen LogP contribution in [-0.2, 0) is 0 Å². The minimum absolute atomic E-state index is 0.0634. The van der Waals surface area contributed by atoms with Crippen LogP contribution in [0, 0.1) is 0 Å². The average molecular weight is 351 g/mol. The molecule has 0 radical (unpaired) electrons. The van der Waals surface area contributed by atoms with Gasteiger partial charge in [0.15, 0.2) is 5.65 Å². The molecule has 7 nitrogen and oxygen atoms in total. The molecule has 26 heavy (non-hydrogen) atoms. The van der Waals surface area contributed by atoms with Gasteiger partial charge in [0.25, 0.3) is 5.91 Å². The molecule has 1 aromatic carbocycles. The standard InChI is InChI=1S/C19H21N5O2/c1-26-16-5-3-15(4-6-16)19(25)23-12-2-11-22(13-14-23)18-8-9-20-17-7-10-21-24(17)18/h3-10H,2,11-14H2,1H3. The number of fused-ring (bicyclic) bond motifs is 1. The van der Waals surface area contributed by atoms with E-state index in [0.29, 0.717) is 12.1 Å². The molecular formula is C19H21N5O2. The fourth-order valence-electron chi connectivity index (χ4n) is 3.33. The number of rotatable bonds is 3. The lowest BCUT2D eigenvalue weighted by Crippen LogP contribution is -2.35. The zero-order valence-corrected chi connectivity index (χ0v) is 14.7. The molecule has 0 atom stereocenters. The number of benzene rings is 1. The smallest absolute Gasteiger partial charge is 0.253 e. The van der Waals surface area contributed by atoms with Gasteiger partial charge in [-0.1, -0.05) is 0 Å². The summed E-state index contributed by atoms with van der Waals surface area (Å²) in [6.07, 6.45) is 4.47. The quantitative estimate of drug-likeness (QED) is 0.723. The second kappa shape index (κ2) is 7.03. The first-order valence-electron chi connectivity index (χ1n) is 8.73. The highest BCUT2D eigenvalue weighted by Gasteiger charge is 2.21. The van der Waals surface area contributed by atoms with Crippen LogP contribution >= 0.6 is 0 Å². The normalized spacial score (nSPS) is 15.1. The van der Waals surface area contributed by atoms with Gasteiger partial charge in [0.1, 0.15) is 11.6 Å². The Bertz CT molecular complexity index is 906. The van der Waals surface area contributed by atoms with Crippen molar-refractivity contribution in [3.63, 3.8) is 0 Å². The van der Waals surface area contributed by atoms with Crippen molar-refractivity contribution in [2.45, 2.75) is 6.42 Å². The van der Waals surface area contributed by atoms with Crippen LogP contribution in [-0.4, -0.2) is 58.7 Å². The Hall–Kier alpha value is -3.09. The number of hydrogen-bond acceptors (Lipinski definition) is 5. The molecule has 0 bridgehead atoms. The molecule has 0 N–H and O–H groups in total. The Morgan fingerprint density at radius 2 is 1.85 bits per heavy atom. The molecule has 1 aliphatic rings. The van der Waals surface area contributed by atoms with Crippen LogP contribution in [0.3, 0.4) is 0 Å². The van der Waals surface area contributed by atoms with Gasteiger partial charge in [-0.2, -0.15) is 9.61 Å². The predicted octanol–water partition coefficient (Wildman–Crippen LogP) is 2.09. The summed E-state index contributed by atoms with van der Waals surface area (Å²) in [5, 5.41) is 4.36. The lowest BCUT2D eigenvalue weighted by molar-refractivity contribution is 0.0767.